The smallest absolute Gasteiger partial charge is 0.263 e. The van der Waals surface area contributed by atoms with Crippen LogP contribution in [0, 0.1) is 5.92 Å². The number of carbonyl (C=O) groups is 1. The molecule has 0 spiro atoms. The first kappa shape index (κ1) is 19.9. The van der Waals surface area contributed by atoms with Gasteiger partial charge >= 0.3 is 0 Å². The highest BCUT2D eigenvalue weighted by Gasteiger charge is 2.38. The molecule has 2 N–H and O–H groups in total. The van der Waals surface area contributed by atoms with Crippen LogP contribution in [0.4, 0.5) is 0 Å². The average Bonchev–Trinajstić information content (AvgIpc) is 3.17. The van der Waals surface area contributed by atoms with Gasteiger partial charge in [0.2, 0.25) is 0 Å². The number of nitrogens with one attached hydrogen (secondary N) is 2. The van der Waals surface area contributed by atoms with Gasteiger partial charge in [-0.1, -0.05) is 61.4 Å². The minimum Gasteiger partial charge on any atom is -0.480 e. The van der Waals surface area contributed by atoms with Crippen LogP contribution in [0.5, 0.6) is 5.75 Å². The van der Waals surface area contributed by atoms with Gasteiger partial charge in [0.05, 0.1) is 0 Å². The van der Waals surface area contributed by atoms with Crippen molar-refractivity contribution < 1.29 is 9.53 Å². The van der Waals surface area contributed by atoms with Crippen molar-refractivity contribution in [2.75, 3.05) is 13.6 Å². The molecule has 2 aromatic carbocycles. The van der Waals surface area contributed by atoms with E-state index in [1.165, 1.54) is 25.7 Å². The number of likely N-dealkylation sites (N-methyl/N-ethyl adjacent to an activating group) is 1. The summed E-state index contributed by atoms with van der Waals surface area (Å²) in [7, 11) is 1.88. The zero-order valence-corrected chi connectivity index (χ0v) is 17.3. The highest BCUT2D eigenvalue weighted by molar-refractivity contribution is 5.81. The molecule has 2 aromatic rings. The SMILES string of the molecule is CC(Oc1ccccc1-c1ccccc1)C(=O)N(C)CC1NNC2CCCCC21. The number of hydrogen-bond acceptors (Lipinski definition) is 4. The fourth-order valence-electron chi connectivity index (χ4n) is 4.68. The highest BCUT2D eigenvalue weighted by Crippen LogP contribution is 2.31. The molecule has 1 saturated carbocycles. The number of rotatable bonds is 6. The zero-order valence-electron chi connectivity index (χ0n) is 17.3. The monoisotopic (exact) mass is 393 g/mol. The first-order valence-corrected chi connectivity index (χ1v) is 10.7. The summed E-state index contributed by atoms with van der Waals surface area (Å²) in [5.74, 6) is 1.35. The Bertz CT molecular complexity index is 826. The highest BCUT2D eigenvalue weighted by atomic mass is 16.5. The normalized spacial score (nSPS) is 24.6. The summed E-state index contributed by atoms with van der Waals surface area (Å²) in [4.78, 5) is 14.8. The molecule has 1 amide bonds. The number of ether oxygens (including phenoxy) is 1. The van der Waals surface area contributed by atoms with Gasteiger partial charge in [0.1, 0.15) is 5.75 Å². The molecule has 1 saturated heterocycles. The van der Waals surface area contributed by atoms with Crippen molar-refractivity contribution in [3.8, 4) is 16.9 Å². The van der Waals surface area contributed by atoms with E-state index in [4.69, 9.17) is 4.74 Å². The second kappa shape index (κ2) is 8.97. The lowest BCUT2D eigenvalue weighted by Gasteiger charge is -2.30. The molecule has 4 unspecified atom stereocenters. The van der Waals surface area contributed by atoms with E-state index in [9.17, 15) is 4.79 Å². The molecule has 154 valence electrons. The van der Waals surface area contributed by atoms with Crippen molar-refractivity contribution in [1.29, 1.82) is 0 Å². The molecule has 0 aromatic heterocycles. The second-order valence-electron chi connectivity index (χ2n) is 8.29. The van der Waals surface area contributed by atoms with Crippen LogP contribution < -0.4 is 15.6 Å². The number of hydrazine groups is 1. The molecule has 1 aliphatic heterocycles. The first-order chi connectivity index (χ1) is 14.1. The van der Waals surface area contributed by atoms with Gasteiger partial charge in [0.15, 0.2) is 6.10 Å². The van der Waals surface area contributed by atoms with Crippen LogP contribution in [0.15, 0.2) is 54.6 Å². The van der Waals surface area contributed by atoms with Crippen LogP contribution in [0.1, 0.15) is 32.6 Å². The van der Waals surface area contributed by atoms with Gasteiger partial charge < -0.3 is 9.64 Å². The number of nitrogens with zero attached hydrogens (tertiary/aromatic N) is 1. The molecule has 29 heavy (non-hydrogen) atoms. The summed E-state index contributed by atoms with van der Waals surface area (Å²) in [6.07, 6.45) is 4.49. The second-order valence-corrected chi connectivity index (χ2v) is 8.29. The fourth-order valence-corrected chi connectivity index (χ4v) is 4.68. The van der Waals surface area contributed by atoms with Gasteiger partial charge in [-0.05, 0) is 37.3 Å². The first-order valence-electron chi connectivity index (χ1n) is 10.7. The summed E-state index contributed by atoms with van der Waals surface area (Å²) in [5, 5.41) is 0. The topological polar surface area (TPSA) is 53.6 Å². The molecular weight excluding hydrogens is 362 g/mol. The van der Waals surface area contributed by atoms with Crippen LogP contribution in [-0.2, 0) is 4.79 Å². The van der Waals surface area contributed by atoms with Crippen LogP contribution >= 0.6 is 0 Å². The quantitative estimate of drug-likeness (QED) is 0.787. The summed E-state index contributed by atoms with van der Waals surface area (Å²) in [5.41, 5.74) is 8.93. The van der Waals surface area contributed by atoms with Gasteiger partial charge in [-0.3, -0.25) is 15.6 Å². The molecule has 2 fully saturated rings. The summed E-state index contributed by atoms with van der Waals surface area (Å²) < 4.78 is 6.13. The Kier molecular flexibility index (Phi) is 6.16. The predicted octanol–water partition coefficient (Wildman–Crippen LogP) is 3.61. The lowest BCUT2D eigenvalue weighted by molar-refractivity contribution is -0.137. The number of fused-ring (bicyclic) bond motifs is 1. The maximum absolute atomic E-state index is 13.0. The molecule has 5 nitrogen and oxygen atoms in total. The molecule has 2 aliphatic rings. The Balaban J connectivity index is 1.40. The number of benzene rings is 2. The summed E-state index contributed by atoms with van der Waals surface area (Å²) in [6.45, 7) is 2.53. The molecular formula is C24H31N3O2. The van der Waals surface area contributed by atoms with Crippen LogP contribution in [-0.4, -0.2) is 42.6 Å². The van der Waals surface area contributed by atoms with Crippen LogP contribution in [0.3, 0.4) is 0 Å². The van der Waals surface area contributed by atoms with E-state index in [1.807, 2.05) is 61.3 Å². The van der Waals surface area contributed by atoms with E-state index < -0.39 is 6.10 Å². The predicted molar refractivity (Wildman–Crippen MR) is 115 cm³/mol. The number of carbonyl (C=O) groups excluding carboxylic acids is 1. The Morgan fingerprint density at radius 1 is 1.07 bits per heavy atom. The lowest BCUT2D eigenvalue weighted by atomic mass is 9.81. The third kappa shape index (κ3) is 4.46. The fraction of sp³-hybridized carbons (Fsp3) is 0.458. The van der Waals surface area contributed by atoms with Crippen molar-refractivity contribution in [3.05, 3.63) is 54.6 Å². The standard InChI is InChI=1S/C24H31N3O2/c1-17(29-23-15-9-7-12-19(23)18-10-4-3-5-11-18)24(28)27(2)16-22-20-13-6-8-14-21(20)25-26-22/h3-5,7,9-12,15,17,20-22,25-26H,6,8,13-14,16H2,1-2H3. The molecule has 4 atom stereocenters. The third-order valence-corrected chi connectivity index (χ3v) is 6.26. The number of hydrogen-bond donors (Lipinski definition) is 2. The van der Waals surface area contributed by atoms with Gasteiger partial charge in [-0.25, -0.2) is 0 Å². The van der Waals surface area contributed by atoms with Crippen molar-refractivity contribution >= 4 is 5.91 Å². The minimum absolute atomic E-state index is 0.00826. The van der Waals surface area contributed by atoms with E-state index in [0.29, 0.717) is 24.5 Å². The van der Waals surface area contributed by atoms with Gasteiger partial charge in [0, 0.05) is 31.2 Å². The Hall–Kier alpha value is -2.37. The summed E-state index contributed by atoms with van der Waals surface area (Å²) in [6, 6.07) is 18.9. The Morgan fingerprint density at radius 3 is 2.62 bits per heavy atom. The Labute approximate surface area is 173 Å². The van der Waals surface area contributed by atoms with E-state index in [-0.39, 0.29) is 5.91 Å². The average molecular weight is 394 g/mol. The van der Waals surface area contributed by atoms with Gasteiger partial charge in [-0.2, -0.15) is 0 Å². The molecule has 1 aliphatic carbocycles. The maximum Gasteiger partial charge on any atom is 0.263 e. The largest absolute Gasteiger partial charge is 0.480 e. The van der Waals surface area contributed by atoms with Crippen molar-refractivity contribution in [1.82, 2.24) is 15.8 Å². The number of para-hydroxylation sites is 1. The van der Waals surface area contributed by atoms with E-state index in [0.717, 1.165) is 16.9 Å². The Morgan fingerprint density at radius 2 is 1.79 bits per heavy atom. The molecule has 0 bridgehead atoms. The van der Waals surface area contributed by atoms with Crippen LogP contribution in [0.2, 0.25) is 0 Å². The number of amides is 1. The molecule has 1 heterocycles. The van der Waals surface area contributed by atoms with Gasteiger partial charge in [-0.15, -0.1) is 0 Å². The summed E-state index contributed by atoms with van der Waals surface area (Å²) >= 11 is 0. The zero-order chi connectivity index (χ0) is 20.2. The van der Waals surface area contributed by atoms with E-state index >= 15 is 0 Å². The molecule has 4 rings (SSSR count). The van der Waals surface area contributed by atoms with Crippen LogP contribution in [0.25, 0.3) is 11.1 Å². The lowest BCUT2D eigenvalue weighted by Crippen LogP contribution is -2.46. The maximum atomic E-state index is 13.0. The molecule has 5 heteroatoms. The van der Waals surface area contributed by atoms with Crippen molar-refractivity contribution in [3.63, 3.8) is 0 Å². The van der Waals surface area contributed by atoms with E-state index in [2.05, 4.69) is 23.0 Å². The third-order valence-electron chi connectivity index (χ3n) is 6.26. The van der Waals surface area contributed by atoms with Gasteiger partial charge in [0.25, 0.3) is 5.91 Å². The molecule has 0 radical (unpaired) electrons. The van der Waals surface area contributed by atoms with Crippen molar-refractivity contribution in [2.45, 2.75) is 50.8 Å². The minimum atomic E-state index is -0.540. The van der Waals surface area contributed by atoms with E-state index in [1.54, 1.807) is 0 Å². The van der Waals surface area contributed by atoms with Crippen molar-refractivity contribution in [2.24, 2.45) is 5.92 Å².